The van der Waals surface area contributed by atoms with Gasteiger partial charge in [0.2, 0.25) is 11.8 Å². The molecule has 1 aromatic rings. The summed E-state index contributed by atoms with van der Waals surface area (Å²) < 4.78 is 0. The molecule has 1 unspecified atom stereocenters. The van der Waals surface area contributed by atoms with E-state index in [1.165, 1.54) is 0 Å². The van der Waals surface area contributed by atoms with Crippen LogP contribution in [0.25, 0.3) is 0 Å². The number of imide groups is 1. The summed E-state index contributed by atoms with van der Waals surface area (Å²) in [5.41, 5.74) is 2.62. The molecule has 144 valence electrons. The molecule has 0 saturated carbocycles. The number of rotatable bonds is 5. The Hall–Kier alpha value is -2.29. The van der Waals surface area contributed by atoms with Crippen molar-refractivity contribution in [3.05, 3.63) is 34.9 Å². The molecular weight excluding hydrogens is 348 g/mol. The third-order valence-electron chi connectivity index (χ3n) is 5.51. The van der Waals surface area contributed by atoms with Gasteiger partial charge >= 0.3 is 0 Å². The van der Waals surface area contributed by atoms with Gasteiger partial charge in [-0.25, -0.2) is 0 Å². The lowest BCUT2D eigenvalue weighted by molar-refractivity contribution is -0.136. The Morgan fingerprint density at radius 1 is 1.26 bits per heavy atom. The van der Waals surface area contributed by atoms with Crippen molar-refractivity contribution in [1.29, 1.82) is 0 Å². The molecule has 0 aliphatic carbocycles. The van der Waals surface area contributed by atoms with E-state index in [0.29, 0.717) is 31.6 Å². The fourth-order valence-corrected chi connectivity index (χ4v) is 4.08. The second-order valence-corrected chi connectivity index (χ2v) is 7.52. The van der Waals surface area contributed by atoms with Gasteiger partial charge in [0.25, 0.3) is 5.91 Å². The number of carbonyl (C=O) groups is 3. The van der Waals surface area contributed by atoms with Crippen molar-refractivity contribution >= 4 is 17.7 Å². The summed E-state index contributed by atoms with van der Waals surface area (Å²) in [7, 11) is 0. The van der Waals surface area contributed by atoms with Crippen molar-refractivity contribution in [2.75, 3.05) is 13.1 Å². The summed E-state index contributed by atoms with van der Waals surface area (Å²) >= 11 is 0. The lowest BCUT2D eigenvalue weighted by Gasteiger charge is -2.29. The van der Waals surface area contributed by atoms with Crippen molar-refractivity contribution < 1.29 is 19.5 Å². The molecule has 4 N–H and O–H groups in total. The average Bonchev–Trinajstić information content (AvgIpc) is 3.18. The van der Waals surface area contributed by atoms with Gasteiger partial charge in [-0.2, -0.15) is 0 Å². The summed E-state index contributed by atoms with van der Waals surface area (Å²) in [6, 6.07) is 5.44. The SMILES string of the molecule is O=C1CCC(N2Cc3cc(CNC[C@@H]4C[C@H](O)CN4)ccc3C2=O)C(=O)N1. The fourth-order valence-electron chi connectivity index (χ4n) is 4.08. The highest BCUT2D eigenvalue weighted by Gasteiger charge is 2.39. The van der Waals surface area contributed by atoms with Gasteiger partial charge < -0.3 is 20.6 Å². The zero-order valence-electron chi connectivity index (χ0n) is 15.0. The second-order valence-electron chi connectivity index (χ2n) is 7.52. The predicted molar refractivity (Wildman–Crippen MR) is 96.6 cm³/mol. The van der Waals surface area contributed by atoms with Crippen LogP contribution in [0.1, 0.15) is 40.7 Å². The van der Waals surface area contributed by atoms with E-state index in [2.05, 4.69) is 16.0 Å². The van der Waals surface area contributed by atoms with E-state index in [0.717, 1.165) is 24.1 Å². The molecule has 3 aliphatic heterocycles. The first-order chi connectivity index (χ1) is 13.0. The van der Waals surface area contributed by atoms with E-state index >= 15 is 0 Å². The molecule has 8 heteroatoms. The zero-order chi connectivity index (χ0) is 19.0. The third-order valence-corrected chi connectivity index (χ3v) is 5.51. The van der Waals surface area contributed by atoms with E-state index < -0.39 is 6.04 Å². The van der Waals surface area contributed by atoms with Crippen LogP contribution >= 0.6 is 0 Å². The number of hydrogen-bond donors (Lipinski definition) is 4. The number of benzene rings is 1. The highest BCUT2D eigenvalue weighted by Crippen LogP contribution is 2.28. The van der Waals surface area contributed by atoms with E-state index in [4.69, 9.17) is 0 Å². The molecule has 3 amide bonds. The van der Waals surface area contributed by atoms with Crippen LogP contribution in [0.15, 0.2) is 18.2 Å². The summed E-state index contributed by atoms with van der Waals surface area (Å²) in [4.78, 5) is 37.6. The minimum Gasteiger partial charge on any atom is -0.392 e. The minimum atomic E-state index is -0.580. The fraction of sp³-hybridized carbons (Fsp3) is 0.526. The van der Waals surface area contributed by atoms with Gasteiger partial charge in [-0.1, -0.05) is 12.1 Å². The second kappa shape index (κ2) is 7.38. The quantitative estimate of drug-likeness (QED) is 0.507. The Morgan fingerprint density at radius 2 is 2.11 bits per heavy atom. The van der Waals surface area contributed by atoms with Gasteiger partial charge in [-0.05, 0) is 30.0 Å². The maximum absolute atomic E-state index is 12.7. The van der Waals surface area contributed by atoms with Crippen LogP contribution in [0.2, 0.25) is 0 Å². The lowest BCUT2D eigenvalue weighted by atomic mass is 10.0. The standard InChI is InChI=1S/C19H24N4O4/c24-14-6-13(21-9-14)8-20-7-11-1-2-15-12(5-11)10-23(19(15)27)16-3-4-17(25)22-18(16)26/h1-2,5,13-14,16,20-21,24H,3-4,6-10H2,(H,22,25,26)/t13-,14-,16?/m0/s1. The average molecular weight is 372 g/mol. The van der Waals surface area contributed by atoms with E-state index in [-0.39, 0.29) is 36.3 Å². The van der Waals surface area contributed by atoms with Crippen LogP contribution in [-0.2, 0) is 22.7 Å². The Morgan fingerprint density at radius 3 is 2.85 bits per heavy atom. The van der Waals surface area contributed by atoms with Gasteiger partial charge in [0.15, 0.2) is 0 Å². The van der Waals surface area contributed by atoms with Gasteiger partial charge in [-0.3, -0.25) is 19.7 Å². The van der Waals surface area contributed by atoms with E-state index in [1.807, 2.05) is 18.2 Å². The van der Waals surface area contributed by atoms with Gasteiger partial charge in [0, 0.05) is 44.2 Å². The normalized spacial score (nSPS) is 27.8. The van der Waals surface area contributed by atoms with Gasteiger partial charge in [-0.15, -0.1) is 0 Å². The smallest absolute Gasteiger partial charge is 0.255 e. The number of piperidine rings is 1. The number of aliphatic hydroxyl groups is 1. The lowest BCUT2D eigenvalue weighted by Crippen LogP contribution is -2.52. The van der Waals surface area contributed by atoms with Crippen molar-refractivity contribution in [3.8, 4) is 0 Å². The number of hydrogen-bond acceptors (Lipinski definition) is 6. The largest absolute Gasteiger partial charge is 0.392 e. The van der Waals surface area contributed by atoms with Crippen LogP contribution in [0.3, 0.4) is 0 Å². The Kier molecular flexibility index (Phi) is 4.94. The van der Waals surface area contributed by atoms with Crippen LogP contribution in [-0.4, -0.2) is 59.0 Å². The van der Waals surface area contributed by atoms with Crippen LogP contribution in [0.4, 0.5) is 0 Å². The van der Waals surface area contributed by atoms with Crippen LogP contribution in [0, 0.1) is 0 Å². The first-order valence-electron chi connectivity index (χ1n) is 9.40. The molecule has 0 radical (unpaired) electrons. The molecule has 27 heavy (non-hydrogen) atoms. The van der Waals surface area contributed by atoms with Crippen molar-refractivity contribution in [3.63, 3.8) is 0 Å². The number of fused-ring (bicyclic) bond motifs is 1. The van der Waals surface area contributed by atoms with Crippen molar-refractivity contribution in [1.82, 2.24) is 20.9 Å². The number of β-amino-alcohol motifs (C(OH)–C–C–N with tert-alkyl or cyclic N) is 1. The van der Waals surface area contributed by atoms with E-state index in [1.54, 1.807) is 4.90 Å². The number of amides is 3. The molecule has 3 heterocycles. The summed E-state index contributed by atoms with van der Waals surface area (Å²) in [5.74, 6) is -0.818. The third kappa shape index (κ3) is 3.73. The van der Waals surface area contributed by atoms with E-state index in [9.17, 15) is 19.5 Å². The Balaban J connectivity index is 1.37. The summed E-state index contributed by atoms with van der Waals surface area (Å²) in [5, 5.41) is 18.5. The number of nitrogens with zero attached hydrogens (tertiary/aromatic N) is 1. The molecule has 3 atom stereocenters. The first-order valence-corrected chi connectivity index (χ1v) is 9.40. The van der Waals surface area contributed by atoms with Crippen LogP contribution in [0.5, 0.6) is 0 Å². The zero-order valence-corrected chi connectivity index (χ0v) is 15.0. The molecule has 0 aromatic heterocycles. The van der Waals surface area contributed by atoms with Crippen molar-refractivity contribution in [2.45, 2.75) is 50.5 Å². The molecule has 4 rings (SSSR count). The number of nitrogens with one attached hydrogen (secondary N) is 3. The predicted octanol–water partition coefficient (Wildman–Crippen LogP) is -0.740. The van der Waals surface area contributed by atoms with Crippen LogP contribution < -0.4 is 16.0 Å². The summed E-state index contributed by atoms with van der Waals surface area (Å²) in [6.07, 6.45) is 1.13. The summed E-state index contributed by atoms with van der Waals surface area (Å²) in [6.45, 7) is 2.48. The molecule has 8 nitrogen and oxygen atoms in total. The number of carbonyl (C=O) groups excluding carboxylic acids is 3. The Labute approximate surface area is 157 Å². The minimum absolute atomic E-state index is 0.150. The number of aliphatic hydroxyl groups excluding tert-OH is 1. The highest BCUT2D eigenvalue weighted by atomic mass is 16.3. The molecule has 3 aliphatic rings. The maximum Gasteiger partial charge on any atom is 0.255 e. The highest BCUT2D eigenvalue weighted by molar-refractivity contribution is 6.05. The van der Waals surface area contributed by atoms with Gasteiger partial charge in [0.05, 0.1) is 6.10 Å². The molecule has 0 spiro atoms. The molecule has 0 bridgehead atoms. The molecular formula is C19H24N4O4. The molecule has 1 aromatic carbocycles. The maximum atomic E-state index is 12.7. The molecule has 2 saturated heterocycles. The van der Waals surface area contributed by atoms with Crippen molar-refractivity contribution in [2.24, 2.45) is 0 Å². The van der Waals surface area contributed by atoms with Gasteiger partial charge in [0.1, 0.15) is 6.04 Å². The Bertz CT molecular complexity index is 781. The first kappa shape index (κ1) is 18.1. The molecule has 2 fully saturated rings. The topological polar surface area (TPSA) is 111 Å². The monoisotopic (exact) mass is 372 g/mol.